The highest BCUT2D eigenvalue weighted by Crippen LogP contribution is 2.35. The highest BCUT2D eigenvalue weighted by Gasteiger charge is 2.30. The molecule has 0 bridgehead atoms. The second kappa shape index (κ2) is 7.51. The Labute approximate surface area is 169 Å². The summed E-state index contributed by atoms with van der Waals surface area (Å²) in [5.41, 5.74) is 7.39. The molecule has 6 nitrogen and oxygen atoms in total. The summed E-state index contributed by atoms with van der Waals surface area (Å²) in [5, 5.41) is 3.78. The number of nitrogens with one attached hydrogen (secondary N) is 1. The number of pyridine rings is 1. The molecular weight excluding hydrogens is 395 g/mol. The molecule has 9 heteroatoms. The second-order valence-electron chi connectivity index (χ2n) is 6.52. The summed E-state index contributed by atoms with van der Waals surface area (Å²) >= 11 is 0. The van der Waals surface area contributed by atoms with Gasteiger partial charge in [0, 0.05) is 16.8 Å². The first-order valence-corrected chi connectivity index (χ1v) is 8.90. The van der Waals surface area contributed by atoms with Gasteiger partial charge in [-0.15, -0.1) is 0 Å². The molecule has 0 spiro atoms. The fourth-order valence-corrected chi connectivity index (χ4v) is 2.84. The number of hydrogen-bond acceptors (Lipinski definition) is 6. The molecule has 0 fully saturated rings. The number of rotatable bonds is 4. The molecule has 152 valence electrons. The van der Waals surface area contributed by atoms with Crippen molar-refractivity contribution in [1.29, 1.82) is 0 Å². The maximum Gasteiger partial charge on any atom is 0.416 e. The van der Waals surface area contributed by atoms with Gasteiger partial charge in [0.15, 0.2) is 11.6 Å². The minimum Gasteiger partial charge on any atom is -0.435 e. The zero-order valence-corrected chi connectivity index (χ0v) is 15.7. The minimum atomic E-state index is -4.40. The van der Waals surface area contributed by atoms with E-state index in [0.29, 0.717) is 17.0 Å². The molecular formula is C21H16F3N5O. The van der Waals surface area contributed by atoms with Crippen molar-refractivity contribution < 1.29 is 17.9 Å². The summed E-state index contributed by atoms with van der Waals surface area (Å²) in [4.78, 5) is 12.6. The van der Waals surface area contributed by atoms with Crippen molar-refractivity contribution in [2.24, 2.45) is 0 Å². The Hall–Kier alpha value is -3.88. The number of fused-ring (bicyclic) bond motifs is 1. The van der Waals surface area contributed by atoms with Crippen LogP contribution in [0.15, 0.2) is 60.9 Å². The third kappa shape index (κ3) is 3.95. The van der Waals surface area contributed by atoms with E-state index < -0.39 is 11.7 Å². The van der Waals surface area contributed by atoms with Crippen LogP contribution in [0.25, 0.3) is 10.9 Å². The highest BCUT2D eigenvalue weighted by molar-refractivity contribution is 5.85. The highest BCUT2D eigenvalue weighted by atomic mass is 19.4. The molecule has 4 aromatic rings. The molecule has 2 aromatic heterocycles. The van der Waals surface area contributed by atoms with Crippen molar-refractivity contribution in [2.75, 3.05) is 11.1 Å². The summed E-state index contributed by atoms with van der Waals surface area (Å²) in [6, 6.07) is 13.9. The van der Waals surface area contributed by atoms with Gasteiger partial charge in [0.25, 0.3) is 0 Å². The molecule has 0 aliphatic heterocycles. The molecule has 0 amide bonds. The number of benzene rings is 2. The largest absolute Gasteiger partial charge is 0.435 e. The first-order chi connectivity index (χ1) is 14.3. The van der Waals surface area contributed by atoms with Gasteiger partial charge in [-0.05, 0) is 43.3 Å². The number of ether oxygens (including phenoxy) is 1. The van der Waals surface area contributed by atoms with Crippen LogP contribution in [0, 0.1) is 6.92 Å². The fraction of sp³-hybridized carbons (Fsp3) is 0.0952. The van der Waals surface area contributed by atoms with Crippen molar-refractivity contribution in [2.45, 2.75) is 13.1 Å². The zero-order chi connectivity index (χ0) is 21.3. The van der Waals surface area contributed by atoms with Gasteiger partial charge >= 0.3 is 6.18 Å². The van der Waals surface area contributed by atoms with Crippen LogP contribution in [0.1, 0.15) is 11.3 Å². The van der Waals surface area contributed by atoms with Gasteiger partial charge in [0.1, 0.15) is 17.5 Å². The Morgan fingerprint density at radius 3 is 2.47 bits per heavy atom. The number of nitrogens with zero attached hydrogens (tertiary/aromatic N) is 3. The summed E-state index contributed by atoms with van der Waals surface area (Å²) < 4.78 is 44.1. The molecule has 2 heterocycles. The van der Waals surface area contributed by atoms with Crippen molar-refractivity contribution in [1.82, 2.24) is 15.0 Å². The summed E-state index contributed by atoms with van der Waals surface area (Å²) in [6.07, 6.45) is -3.15. The SMILES string of the molecule is Cc1ccc2cccc(Oc3ncnc(Nc4ccc(C(F)(F)F)cc4)c3N)c2n1. The average Bonchev–Trinajstić information content (AvgIpc) is 2.71. The summed E-state index contributed by atoms with van der Waals surface area (Å²) in [6.45, 7) is 1.88. The molecule has 0 atom stereocenters. The van der Waals surface area contributed by atoms with Crippen LogP contribution in [0.2, 0.25) is 0 Å². The van der Waals surface area contributed by atoms with Gasteiger partial charge in [0.05, 0.1) is 5.56 Å². The topological polar surface area (TPSA) is 86.0 Å². The van der Waals surface area contributed by atoms with E-state index in [1.807, 2.05) is 31.2 Å². The van der Waals surface area contributed by atoms with Gasteiger partial charge in [-0.3, -0.25) is 0 Å². The number of anilines is 3. The van der Waals surface area contributed by atoms with E-state index in [2.05, 4.69) is 20.3 Å². The zero-order valence-electron chi connectivity index (χ0n) is 15.7. The lowest BCUT2D eigenvalue weighted by atomic mass is 10.2. The number of alkyl halides is 3. The third-order valence-corrected chi connectivity index (χ3v) is 4.35. The van der Waals surface area contributed by atoms with Gasteiger partial charge in [0.2, 0.25) is 5.88 Å². The van der Waals surface area contributed by atoms with Crippen LogP contribution in [0.5, 0.6) is 11.6 Å². The minimum absolute atomic E-state index is 0.107. The number of aromatic nitrogens is 3. The van der Waals surface area contributed by atoms with E-state index in [9.17, 15) is 13.2 Å². The Bertz CT molecular complexity index is 1210. The van der Waals surface area contributed by atoms with E-state index in [1.54, 1.807) is 6.07 Å². The predicted molar refractivity (Wildman–Crippen MR) is 108 cm³/mol. The van der Waals surface area contributed by atoms with Crippen LogP contribution >= 0.6 is 0 Å². The standard InChI is InChI=1S/C21H16F3N5O/c1-12-5-6-13-3-2-4-16(18(13)28-12)30-20-17(25)19(26-11-27-20)29-15-9-7-14(8-10-15)21(22,23)24/h2-11H,25H2,1H3,(H,26,27,29). The lowest BCUT2D eigenvalue weighted by Gasteiger charge is -2.13. The molecule has 4 rings (SSSR count). The third-order valence-electron chi connectivity index (χ3n) is 4.35. The van der Waals surface area contributed by atoms with E-state index >= 15 is 0 Å². The van der Waals surface area contributed by atoms with Crippen molar-refractivity contribution >= 4 is 28.1 Å². The predicted octanol–water partition coefficient (Wildman–Crippen LogP) is 5.47. The van der Waals surface area contributed by atoms with E-state index in [-0.39, 0.29) is 17.4 Å². The smallest absolute Gasteiger partial charge is 0.416 e. The van der Waals surface area contributed by atoms with Gasteiger partial charge in [-0.25, -0.2) is 9.97 Å². The van der Waals surface area contributed by atoms with Gasteiger partial charge in [-0.1, -0.05) is 18.2 Å². The Morgan fingerprint density at radius 1 is 0.967 bits per heavy atom. The quantitative estimate of drug-likeness (QED) is 0.463. The molecule has 2 aromatic carbocycles. The van der Waals surface area contributed by atoms with Gasteiger partial charge < -0.3 is 15.8 Å². The first-order valence-electron chi connectivity index (χ1n) is 8.90. The average molecular weight is 411 g/mol. The number of halogens is 3. The van der Waals surface area contributed by atoms with Crippen LogP contribution in [0.4, 0.5) is 30.4 Å². The van der Waals surface area contributed by atoms with E-state index in [0.717, 1.165) is 23.2 Å². The number of para-hydroxylation sites is 1. The molecule has 3 N–H and O–H groups in total. The van der Waals surface area contributed by atoms with Gasteiger partial charge in [-0.2, -0.15) is 18.2 Å². The number of hydrogen-bond donors (Lipinski definition) is 2. The second-order valence-corrected chi connectivity index (χ2v) is 6.52. The maximum absolute atomic E-state index is 12.7. The lowest BCUT2D eigenvalue weighted by Crippen LogP contribution is -2.05. The summed E-state index contributed by atoms with van der Waals surface area (Å²) in [7, 11) is 0. The van der Waals surface area contributed by atoms with Crippen LogP contribution in [-0.2, 0) is 6.18 Å². The molecule has 0 radical (unpaired) electrons. The van der Waals surface area contributed by atoms with Crippen molar-refractivity contribution in [3.8, 4) is 11.6 Å². The maximum atomic E-state index is 12.7. The number of aryl methyl sites for hydroxylation is 1. The monoisotopic (exact) mass is 411 g/mol. The molecule has 0 aliphatic carbocycles. The molecule has 30 heavy (non-hydrogen) atoms. The molecule has 0 saturated heterocycles. The fourth-order valence-electron chi connectivity index (χ4n) is 2.84. The molecule has 0 aliphatic rings. The normalized spacial score (nSPS) is 11.5. The molecule has 0 saturated carbocycles. The number of nitrogens with two attached hydrogens (primary N) is 1. The van der Waals surface area contributed by atoms with Crippen LogP contribution < -0.4 is 15.8 Å². The van der Waals surface area contributed by atoms with Crippen LogP contribution in [0.3, 0.4) is 0 Å². The van der Waals surface area contributed by atoms with Crippen molar-refractivity contribution in [3.63, 3.8) is 0 Å². The first kappa shape index (κ1) is 19.4. The van der Waals surface area contributed by atoms with Crippen molar-refractivity contribution in [3.05, 3.63) is 72.2 Å². The summed E-state index contributed by atoms with van der Waals surface area (Å²) in [5.74, 6) is 0.793. The van der Waals surface area contributed by atoms with Crippen LogP contribution in [-0.4, -0.2) is 15.0 Å². The Balaban J connectivity index is 1.62. The Morgan fingerprint density at radius 2 is 1.73 bits per heavy atom. The Kier molecular flexibility index (Phi) is 4.86. The number of nitrogen functional groups attached to an aromatic ring is 1. The lowest BCUT2D eigenvalue weighted by molar-refractivity contribution is -0.137. The molecule has 0 unspecified atom stereocenters. The van der Waals surface area contributed by atoms with E-state index in [4.69, 9.17) is 10.5 Å². The van der Waals surface area contributed by atoms with E-state index in [1.165, 1.54) is 18.5 Å².